The van der Waals surface area contributed by atoms with E-state index >= 15 is 0 Å². The predicted octanol–water partition coefficient (Wildman–Crippen LogP) is 6.17. The number of ketones is 1. The van der Waals surface area contributed by atoms with Crippen molar-refractivity contribution in [3.05, 3.63) is 82.4 Å². The Bertz CT molecular complexity index is 1430. The molecule has 0 bridgehead atoms. The zero-order chi connectivity index (χ0) is 28.3. The molecule has 1 aliphatic heterocycles. The van der Waals surface area contributed by atoms with Crippen molar-refractivity contribution in [2.45, 2.75) is 32.9 Å². The van der Waals surface area contributed by atoms with Gasteiger partial charge in [0.2, 0.25) is 0 Å². The molecule has 0 spiro atoms. The molecule has 3 aromatic rings. The summed E-state index contributed by atoms with van der Waals surface area (Å²) in [5, 5.41) is 11.9. The van der Waals surface area contributed by atoms with Crippen molar-refractivity contribution in [3.63, 3.8) is 0 Å². The molecule has 8 nitrogen and oxygen atoms in total. The van der Waals surface area contributed by atoms with Gasteiger partial charge >= 0.3 is 0 Å². The van der Waals surface area contributed by atoms with Crippen molar-refractivity contribution in [1.29, 1.82) is 0 Å². The second kappa shape index (κ2) is 11.7. The highest BCUT2D eigenvalue weighted by atomic mass is 35.5. The van der Waals surface area contributed by atoms with Crippen LogP contribution in [-0.4, -0.2) is 43.7 Å². The fraction of sp³-hybridized carbons (Fsp3) is 0.267. The number of aliphatic hydroxyl groups excluding tert-OH is 1. The van der Waals surface area contributed by atoms with E-state index < -0.39 is 23.5 Å². The predicted molar refractivity (Wildman–Crippen MR) is 149 cm³/mol. The number of carbonyl (C=O) groups is 2. The molecule has 0 aromatic heterocycles. The Balaban J connectivity index is 1.98. The molecule has 4 rings (SSSR count). The van der Waals surface area contributed by atoms with Crippen LogP contribution < -0.4 is 23.8 Å². The van der Waals surface area contributed by atoms with E-state index in [9.17, 15) is 14.7 Å². The monoisotopic (exact) mass is 551 g/mol. The van der Waals surface area contributed by atoms with Crippen LogP contribution in [0.4, 0.5) is 5.69 Å². The minimum Gasteiger partial charge on any atom is -0.507 e. The van der Waals surface area contributed by atoms with Gasteiger partial charge in [-0.2, -0.15) is 0 Å². The SMILES string of the molecule is CCOc1cccc(N2C(=O)C(=O)/C(=C(/O)c3cc(OC)c(Cl)cc3OC)C2c2cccc(OC(C)C)c2)c1. The lowest BCUT2D eigenvalue weighted by Gasteiger charge is -2.26. The number of anilines is 1. The van der Waals surface area contributed by atoms with Gasteiger partial charge in [0.15, 0.2) is 0 Å². The number of hydrogen-bond acceptors (Lipinski definition) is 7. The van der Waals surface area contributed by atoms with E-state index in [0.717, 1.165) is 0 Å². The van der Waals surface area contributed by atoms with Crippen LogP contribution in [0.15, 0.2) is 66.2 Å². The number of hydrogen-bond donors (Lipinski definition) is 1. The number of carbonyl (C=O) groups excluding carboxylic acids is 2. The maximum absolute atomic E-state index is 13.6. The number of ether oxygens (including phenoxy) is 4. The van der Waals surface area contributed by atoms with Crippen LogP contribution in [-0.2, 0) is 9.59 Å². The van der Waals surface area contributed by atoms with Crippen LogP contribution in [0, 0.1) is 0 Å². The second-order valence-corrected chi connectivity index (χ2v) is 9.43. The van der Waals surface area contributed by atoms with Gasteiger partial charge in [-0.25, -0.2) is 0 Å². The van der Waals surface area contributed by atoms with Crippen molar-refractivity contribution in [2.75, 3.05) is 25.7 Å². The summed E-state index contributed by atoms with van der Waals surface area (Å²) in [6.07, 6.45) is -0.0970. The van der Waals surface area contributed by atoms with Crippen molar-refractivity contribution >= 4 is 34.7 Å². The average molecular weight is 552 g/mol. The highest BCUT2D eigenvalue weighted by Crippen LogP contribution is 2.45. The Morgan fingerprint density at radius 3 is 2.33 bits per heavy atom. The number of benzene rings is 3. The van der Waals surface area contributed by atoms with Crippen molar-refractivity contribution < 1.29 is 33.6 Å². The first-order valence-electron chi connectivity index (χ1n) is 12.4. The lowest BCUT2D eigenvalue weighted by Crippen LogP contribution is -2.29. The maximum Gasteiger partial charge on any atom is 0.300 e. The number of nitrogens with zero attached hydrogens (tertiary/aromatic N) is 1. The molecule has 1 fully saturated rings. The van der Waals surface area contributed by atoms with Crippen molar-refractivity contribution in [3.8, 4) is 23.0 Å². The van der Waals surface area contributed by atoms with E-state index in [-0.39, 0.29) is 33.8 Å². The Hall–Kier alpha value is -4.17. The number of rotatable bonds is 9. The van der Waals surface area contributed by atoms with E-state index in [4.69, 9.17) is 30.5 Å². The largest absolute Gasteiger partial charge is 0.507 e. The lowest BCUT2D eigenvalue weighted by atomic mass is 9.94. The zero-order valence-corrected chi connectivity index (χ0v) is 23.1. The highest BCUT2D eigenvalue weighted by molar-refractivity contribution is 6.51. The molecule has 0 radical (unpaired) electrons. The van der Waals surface area contributed by atoms with Gasteiger partial charge in [0.25, 0.3) is 11.7 Å². The molecular formula is C30H30ClNO7. The van der Waals surface area contributed by atoms with Gasteiger partial charge in [0, 0.05) is 17.8 Å². The van der Waals surface area contributed by atoms with Crippen LogP contribution in [0.2, 0.25) is 5.02 Å². The lowest BCUT2D eigenvalue weighted by molar-refractivity contribution is -0.132. The molecule has 39 heavy (non-hydrogen) atoms. The topological polar surface area (TPSA) is 94.5 Å². The van der Waals surface area contributed by atoms with Gasteiger partial charge in [-0.1, -0.05) is 29.8 Å². The van der Waals surface area contributed by atoms with E-state index in [2.05, 4.69) is 0 Å². The van der Waals surface area contributed by atoms with Gasteiger partial charge in [-0.05, 0) is 56.7 Å². The first-order chi connectivity index (χ1) is 18.7. The third kappa shape index (κ3) is 5.52. The summed E-state index contributed by atoms with van der Waals surface area (Å²) in [5.74, 6) is -0.516. The molecule has 1 N–H and O–H groups in total. The van der Waals surface area contributed by atoms with Crippen molar-refractivity contribution in [1.82, 2.24) is 0 Å². The van der Waals surface area contributed by atoms with Crippen molar-refractivity contribution in [2.24, 2.45) is 0 Å². The Labute approximate surface area is 232 Å². The molecule has 9 heteroatoms. The number of methoxy groups -OCH3 is 2. The second-order valence-electron chi connectivity index (χ2n) is 9.03. The minimum atomic E-state index is -0.982. The summed E-state index contributed by atoms with van der Waals surface area (Å²) >= 11 is 6.27. The van der Waals surface area contributed by atoms with E-state index in [1.54, 1.807) is 48.5 Å². The third-order valence-corrected chi connectivity index (χ3v) is 6.42. The summed E-state index contributed by atoms with van der Waals surface area (Å²) < 4.78 is 22.3. The summed E-state index contributed by atoms with van der Waals surface area (Å²) in [5.41, 5.74) is 1.03. The number of aliphatic hydroxyl groups is 1. The van der Waals surface area contributed by atoms with Gasteiger partial charge in [-0.3, -0.25) is 14.5 Å². The van der Waals surface area contributed by atoms with Gasteiger partial charge < -0.3 is 24.1 Å². The van der Waals surface area contributed by atoms with Crippen LogP contribution in [0.1, 0.15) is 37.9 Å². The summed E-state index contributed by atoms with van der Waals surface area (Å²) in [4.78, 5) is 28.5. The molecular weight excluding hydrogens is 522 g/mol. The summed E-state index contributed by atoms with van der Waals surface area (Å²) in [7, 11) is 2.85. The highest BCUT2D eigenvalue weighted by Gasteiger charge is 2.47. The molecule has 1 aliphatic rings. The van der Waals surface area contributed by atoms with E-state index in [1.165, 1.54) is 31.3 Å². The van der Waals surface area contributed by atoms with Crippen LogP contribution in [0.25, 0.3) is 5.76 Å². The molecule has 1 atom stereocenters. The maximum atomic E-state index is 13.6. The molecule has 1 heterocycles. The smallest absolute Gasteiger partial charge is 0.300 e. The summed E-state index contributed by atoms with van der Waals surface area (Å²) in [6, 6.07) is 15.9. The normalized spacial score (nSPS) is 16.5. The van der Waals surface area contributed by atoms with Crippen LogP contribution >= 0.6 is 11.6 Å². The van der Waals surface area contributed by atoms with Gasteiger partial charge in [0.05, 0.1) is 49.1 Å². The van der Waals surface area contributed by atoms with Crippen LogP contribution in [0.5, 0.6) is 23.0 Å². The molecule has 204 valence electrons. The molecule has 0 saturated carbocycles. The van der Waals surface area contributed by atoms with Gasteiger partial charge in [0.1, 0.15) is 28.8 Å². The fourth-order valence-corrected chi connectivity index (χ4v) is 4.76. The number of amides is 1. The molecule has 3 aromatic carbocycles. The molecule has 0 aliphatic carbocycles. The van der Waals surface area contributed by atoms with Crippen LogP contribution in [0.3, 0.4) is 0 Å². The quantitative estimate of drug-likeness (QED) is 0.193. The Kier molecular flexibility index (Phi) is 8.35. The van der Waals surface area contributed by atoms with E-state index in [1.807, 2.05) is 20.8 Å². The first-order valence-corrected chi connectivity index (χ1v) is 12.8. The average Bonchev–Trinajstić information content (AvgIpc) is 3.18. The van der Waals surface area contributed by atoms with E-state index in [0.29, 0.717) is 29.4 Å². The Morgan fingerprint density at radius 1 is 0.974 bits per heavy atom. The first kappa shape index (κ1) is 27.9. The fourth-order valence-electron chi connectivity index (χ4n) is 4.52. The molecule has 1 unspecified atom stereocenters. The third-order valence-electron chi connectivity index (χ3n) is 6.13. The Morgan fingerprint density at radius 2 is 1.67 bits per heavy atom. The standard InChI is InChI=1S/C30H30ClNO7/c1-6-38-20-11-8-10-19(14-20)32-27(18-9-7-12-21(13-18)39-17(2)3)26(29(34)30(32)35)28(33)22-15-25(37-5)23(31)16-24(22)36-4/h7-17,27,33H,6H2,1-5H3/b28-26+. The van der Waals surface area contributed by atoms with Gasteiger partial charge in [-0.15, -0.1) is 0 Å². The zero-order valence-electron chi connectivity index (χ0n) is 22.4. The minimum absolute atomic E-state index is 0.0970. The number of Topliss-reactive ketones (excluding diaryl/α,β-unsaturated/α-hetero) is 1. The molecule has 1 saturated heterocycles. The summed E-state index contributed by atoms with van der Waals surface area (Å²) in [6.45, 7) is 6.09. The molecule has 1 amide bonds. The number of halogens is 1.